The first-order valence-electron chi connectivity index (χ1n) is 2.76. The molecule has 0 saturated carbocycles. The minimum atomic E-state index is 0.479. The third-order valence-corrected chi connectivity index (χ3v) is 1.96. The highest BCUT2D eigenvalue weighted by Gasteiger charge is 2.00. The maximum atomic E-state index is 8.44. The average Bonchev–Trinajstić information content (AvgIpc) is 2.30. The Bertz CT molecular complexity index is 271. The predicted molar refractivity (Wildman–Crippen MR) is 39.7 cm³/mol. The van der Waals surface area contributed by atoms with Crippen LogP contribution in [-0.2, 0) is 7.05 Å². The van der Waals surface area contributed by atoms with Crippen LogP contribution < -0.4 is 0 Å². The summed E-state index contributed by atoms with van der Waals surface area (Å²) in [5.41, 5.74) is 0.479. The van der Waals surface area contributed by atoms with Crippen molar-refractivity contribution in [3.63, 3.8) is 0 Å². The lowest BCUT2D eigenvalue weighted by Crippen LogP contribution is -1.91. The maximum Gasteiger partial charge on any atom is 0.163 e. The normalized spacial score (nSPS) is 9.30. The molecular weight excluding hydrogens is 146 g/mol. The van der Waals surface area contributed by atoms with E-state index in [-0.39, 0.29) is 0 Å². The van der Waals surface area contributed by atoms with Gasteiger partial charge in [0.1, 0.15) is 6.07 Å². The van der Waals surface area contributed by atoms with Gasteiger partial charge in [-0.25, -0.2) is 0 Å². The molecule has 0 unspecified atom stereocenters. The second-order valence-corrected chi connectivity index (χ2v) is 2.63. The van der Waals surface area contributed by atoms with E-state index in [9.17, 15) is 0 Å². The van der Waals surface area contributed by atoms with E-state index >= 15 is 0 Å². The summed E-state index contributed by atoms with van der Waals surface area (Å²) in [6.07, 6.45) is 1.96. The molecule has 3 nitrogen and oxygen atoms in total. The first kappa shape index (κ1) is 7.16. The molecule has 0 aliphatic rings. The monoisotopic (exact) mass is 153 g/mol. The van der Waals surface area contributed by atoms with Crippen molar-refractivity contribution >= 4 is 11.8 Å². The van der Waals surface area contributed by atoms with E-state index in [1.165, 1.54) is 0 Å². The van der Waals surface area contributed by atoms with Crippen LogP contribution in [0.2, 0.25) is 0 Å². The SMILES string of the molecule is CSc1cc(C#N)nn1C. The zero-order valence-corrected chi connectivity index (χ0v) is 6.64. The lowest BCUT2D eigenvalue weighted by atomic mass is 10.5. The van der Waals surface area contributed by atoms with Crippen LogP contribution in [0.4, 0.5) is 0 Å². The number of rotatable bonds is 1. The van der Waals surface area contributed by atoms with E-state index in [4.69, 9.17) is 5.26 Å². The second-order valence-electron chi connectivity index (χ2n) is 1.81. The van der Waals surface area contributed by atoms with Crippen molar-refractivity contribution in [1.82, 2.24) is 9.78 Å². The molecule has 1 heterocycles. The molecule has 0 amide bonds. The van der Waals surface area contributed by atoms with Crippen molar-refractivity contribution < 1.29 is 0 Å². The average molecular weight is 153 g/mol. The van der Waals surface area contributed by atoms with E-state index in [2.05, 4.69) is 5.10 Å². The van der Waals surface area contributed by atoms with E-state index in [1.807, 2.05) is 19.4 Å². The first-order valence-corrected chi connectivity index (χ1v) is 3.98. The van der Waals surface area contributed by atoms with Crippen molar-refractivity contribution in [3.05, 3.63) is 11.8 Å². The lowest BCUT2D eigenvalue weighted by Gasteiger charge is -1.91. The second kappa shape index (κ2) is 2.76. The first-order chi connectivity index (χ1) is 4.77. The molecule has 0 atom stereocenters. The molecule has 0 aliphatic heterocycles. The molecule has 0 fully saturated rings. The molecule has 0 aliphatic carbocycles. The number of aromatic nitrogens is 2. The Hall–Kier alpha value is -0.950. The molecule has 10 heavy (non-hydrogen) atoms. The Morgan fingerprint density at radius 2 is 2.50 bits per heavy atom. The molecule has 1 aromatic rings. The minimum absolute atomic E-state index is 0.479. The Labute approximate surface area is 63.6 Å². The van der Waals surface area contributed by atoms with Crippen molar-refractivity contribution in [1.29, 1.82) is 5.26 Å². The van der Waals surface area contributed by atoms with Crippen LogP contribution in [0.1, 0.15) is 5.69 Å². The fraction of sp³-hybridized carbons (Fsp3) is 0.333. The van der Waals surface area contributed by atoms with Crippen molar-refractivity contribution in [2.24, 2.45) is 7.05 Å². The van der Waals surface area contributed by atoms with Gasteiger partial charge in [-0.2, -0.15) is 10.4 Å². The van der Waals surface area contributed by atoms with Gasteiger partial charge in [0.05, 0.1) is 5.03 Å². The number of hydrogen-bond acceptors (Lipinski definition) is 3. The van der Waals surface area contributed by atoms with Crippen LogP contribution in [0.15, 0.2) is 11.1 Å². The number of nitrogens with zero attached hydrogens (tertiary/aromatic N) is 3. The predicted octanol–water partition coefficient (Wildman–Crippen LogP) is 1.01. The van der Waals surface area contributed by atoms with Crippen LogP contribution >= 0.6 is 11.8 Å². The Kier molecular flexibility index (Phi) is 1.97. The molecule has 1 aromatic heterocycles. The summed E-state index contributed by atoms with van der Waals surface area (Å²) >= 11 is 1.58. The fourth-order valence-corrected chi connectivity index (χ4v) is 1.23. The van der Waals surface area contributed by atoms with Crippen LogP contribution in [0.5, 0.6) is 0 Å². The topological polar surface area (TPSA) is 41.6 Å². The van der Waals surface area contributed by atoms with Gasteiger partial charge in [0.2, 0.25) is 0 Å². The zero-order valence-electron chi connectivity index (χ0n) is 5.83. The van der Waals surface area contributed by atoms with Gasteiger partial charge in [-0.3, -0.25) is 4.68 Å². The van der Waals surface area contributed by atoms with Crippen molar-refractivity contribution in [2.45, 2.75) is 5.03 Å². The standard InChI is InChI=1S/C6H7N3S/c1-9-6(10-2)3-5(4-7)8-9/h3H,1-2H3. The van der Waals surface area contributed by atoms with Gasteiger partial charge in [-0.15, -0.1) is 11.8 Å². The number of aryl methyl sites for hydroxylation is 1. The largest absolute Gasteiger partial charge is 0.261 e. The third-order valence-electron chi connectivity index (χ3n) is 1.16. The summed E-state index contributed by atoms with van der Waals surface area (Å²) in [4.78, 5) is 0. The van der Waals surface area contributed by atoms with E-state index in [0.29, 0.717) is 5.69 Å². The van der Waals surface area contributed by atoms with Crippen molar-refractivity contribution in [2.75, 3.05) is 6.26 Å². The summed E-state index contributed by atoms with van der Waals surface area (Å²) in [6, 6.07) is 3.75. The molecule has 52 valence electrons. The van der Waals surface area contributed by atoms with Gasteiger partial charge in [0.25, 0.3) is 0 Å². The maximum absolute atomic E-state index is 8.44. The van der Waals surface area contributed by atoms with Gasteiger partial charge < -0.3 is 0 Å². The summed E-state index contributed by atoms with van der Waals surface area (Å²) in [7, 11) is 1.83. The highest BCUT2D eigenvalue weighted by molar-refractivity contribution is 7.98. The molecular formula is C6H7N3S. The Morgan fingerprint density at radius 1 is 1.80 bits per heavy atom. The van der Waals surface area contributed by atoms with Gasteiger partial charge in [0, 0.05) is 13.1 Å². The van der Waals surface area contributed by atoms with Crippen LogP contribution in [0, 0.1) is 11.3 Å². The van der Waals surface area contributed by atoms with Gasteiger partial charge in [-0.05, 0) is 6.26 Å². The Balaban J connectivity index is 3.07. The minimum Gasteiger partial charge on any atom is -0.261 e. The molecule has 1 rings (SSSR count). The van der Waals surface area contributed by atoms with Gasteiger partial charge in [-0.1, -0.05) is 0 Å². The quantitative estimate of drug-likeness (QED) is 0.565. The number of thioether (sulfide) groups is 1. The molecule has 0 bridgehead atoms. The highest BCUT2D eigenvalue weighted by atomic mass is 32.2. The van der Waals surface area contributed by atoms with Crippen molar-refractivity contribution in [3.8, 4) is 6.07 Å². The molecule has 0 aromatic carbocycles. The lowest BCUT2D eigenvalue weighted by molar-refractivity contribution is 0.697. The summed E-state index contributed by atoms with van der Waals surface area (Å²) in [6.45, 7) is 0. The fourth-order valence-electron chi connectivity index (χ4n) is 0.696. The van der Waals surface area contributed by atoms with E-state index in [0.717, 1.165) is 5.03 Å². The van der Waals surface area contributed by atoms with E-state index < -0.39 is 0 Å². The molecule has 4 heteroatoms. The summed E-state index contributed by atoms with van der Waals surface area (Å²) in [5.74, 6) is 0. The van der Waals surface area contributed by atoms with E-state index in [1.54, 1.807) is 22.5 Å². The van der Waals surface area contributed by atoms with Gasteiger partial charge >= 0.3 is 0 Å². The molecule has 0 saturated heterocycles. The summed E-state index contributed by atoms with van der Waals surface area (Å²) in [5, 5.41) is 13.4. The zero-order chi connectivity index (χ0) is 7.56. The Morgan fingerprint density at radius 3 is 2.80 bits per heavy atom. The van der Waals surface area contributed by atoms with Crippen LogP contribution in [-0.4, -0.2) is 16.0 Å². The smallest absolute Gasteiger partial charge is 0.163 e. The highest BCUT2D eigenvalue weighted by Crippen LogP contribution is 2.13. The van der Waals surface area contributed by atoms with Gasteiger partial charge in [0.15, 0.2) is 5.69 Å². The molecule has 0 spiro atoms. The third kappa shape index (κ3) is 1.14. The number of hydrogen-bond donors (Lipinski definition) is 0. The summed E-state index contributed by atoms with van der Waals surface area (Å²) < 4.78 is 1.70. The van der Waals surface area contributed by atoms with Crippen LogP contribution in [0.3, 0.4) is 0 Å². The molecule has 0 N–H and O–H groups in total. The molecule has 0 radical (unpaired) electrons. The van der Waals surface area contributed by atoms with Crippen LogP contribution in [0.25, 0.3) is 0 Å². The number of nitriles is 1.